The summed E-state index contributed by atoms with van der Waals surface area (Å²) in [5.41, 5.74) is 2.91. The lowest BCUT2D eigenvalue weighted by Gasteiger charge is -2.12. The van der Waals surface area contributed by atoms with E-state index in [1.165, 1.54) is 12.8 Å². The zero-order chi connectivity index (χ0) is 16.1. The standard InChI is InChI=1S/C20H17N3O/c24-18-12-17(15-8-4-5-9-16(15)18)20-21-19(13-10-11-13)22-23(20)14-6-2-1-3-7-14/h1-9,13,17H,10-12H2/t17-/m1/s1. The molecule has 24 heavy (non-hydrogen) atoms. The second-order valence-corrected chi connectivity index (χ2v) is 6.62. The van der Waals surface area contributed by atoms with Gasteiger partial charge in [-0.3, -0.25) is 4.79 Å². The van der Waals surface area contributed by atoms with Gasteiger partial charge in [-0.1, -0.05) is 42.5 Å². The zero-order valence-corrected chi connectivity index (χ0v) is 13.2. The van der Waals surface area contributed by atoms with E-state index in [0.717, 1.165) is 28.5 Å². The van der Waals surface area contributed by atoms with Crippen molar-refractivity contribution in [1.29, 1.82) is 0 Å². The summed E-state index contributed by atoms with van der Waals surface area (Å²) in [6, 6.07) is 18.0. The molecule has 2 aromatic carbocycles. The summed E-state index contributed by atoms with van der Waals surface area (Å²) in [6.45, 7) is 0. The fourth-order valence-corrected chi connectivity index (χ4v) is 3.53. The zero-order valence-electron chi connectivity index (χ0n) is 13.2. The number of para-hydroxylation sites is 1. The first-order chi connectivity index (χ1) is 11.8. The number of nitrogens with zero attached hydrogens (tertiary/aromatic N) is 3. The Morgan fingerprint density at radius 1 is 0.958 bits per heavy atom. The first kappa shape index (κ1) is 13.7. The highest BCUT2D eigenvalue weighted by atomic mass is 16.1. The molecule has 0 radical (unpaired) electrons. The van der Waals surface area contributed by atoms with Crippen LogP contribution in [0.3, 0.4) is 0 Å². The number of fused-ring (bicyclic) bond motifs is 1. The third kappa shape index (κ3) is 2.10. The van der Waals surface area contributed by atoms with Crippen molar-refractivity contribution in [2.45, 2.75) is 31.1 Å². The number of hydrogen-bond acceptors (Lipinski definition) is 3. The second kappa shape index (κ2) is 5.13. The summed E-state index contributed by atoms with van der Waals surface area (Å²) in [5, 5.41) is 4.78. The molecule has 4 heteroatoms. The molecule has 0 N–H and O–H groups in total. The normalized spacial score (nSPS) is 19.5. The molecule has 0 bridgehead atoms. The van der Waals surface area contributed by atoms with Crippen molar-refractivity contribution >= 4 is 5.78 Å². The van der Waals surface area contributed by atoms with E-state index < -0.39 is 0 Å². The third-order valence-electron chi connectivity index (χ3n) is 4.93. The quantitative estimate of drug-likeness (QED) is 0.737. The molecule has 0 spiro atoms. The van der Waals surface area contributed by atoms with Crippen molar-refractivity contribution in [2.75, 3.05) is 0 Å². The summed E-state index contributed by atoms with van der Waals surface area (Å²) < 4.78 is 1.94. The van der Waals surface area contributed by atoms with Crippen molar-refractivity contribution in [3.05, 3.63) is 77.4 Å². The smallest absolute Gasteiger partial charge is 0.164 e. The molecule has 1 heterocycles. The highest BCUT2D eigenvalue weighted by Crippen LogP contribution is 2.42. The van der Waals surface area contributed by atoms with Crippen LogP contribution in [0.5, 0.6) is 0 Å². The maximum atomic E-state index is 12.4. The lowest BCUT2D eigenvalue weighted by atomic mass is 10.0. The van der Waals surface area contributed by atoms with Crippen molar-refractivity contribution in [2.24, 2.45) is 0 Å². The van der Waals surface area contributed by atoms with Crippen molar-refractivity contribution in [3.8, 4) is 5.69 Å². The van der Waals surface area contributed by atoms with E-state index in [4.69, 9.17) is 10.1 Å². The summed E-state index contributed by atoms with van der Waals surface area (Å²) >= 11 is 0. The molecule has 5 rings (SSSR count). The van der Waals surface area contributed by atoms with Crippen LogP contribution >= 0.6 is 0 Å². The fraction of sp³-hybridized carbons (Fsp3) is 0.250. The highest BCUT2D eigenvalue weighted by molar-refractivity contribution is 6.01. The molecule has 1 fully saturated rings. The van der Waals surface area contributed by atoms with E-state index in [1.54, 1.807) is 0 Å². The Morgan fingerprint density at radius 3 is 2.50 bits per heavy atom. The molecule has 4 nitrogen and oxygen atoms in total. The molecule has 2 aliphatic carbocycles. The van der Waals surface area contributed by atoms with Crippen LogP contribution in [0.2, 0.25) is 0 Å². The van der Waals surface area contributed by atoms with Crippen molar-refractivity contribution in [1.82, 2.24) is 14.8 Å². The topological polar surface area (TPSA) is 47.8 Å². The second-order valence-electron chi connectivity index (χ2n) is 6.62. The molecule has 1 atom stereocenters. The summed E-state index contributed by atoms with van der Waals surface area (Å²) in [4.78, 5) is 17.3. The Balaban J connectivity index is 1.67. The van der Waals surface area contributed by atoms with Gasteiger partial charge in [0.25, 0.3) is 0 Å². The van der Waals surface area contributed by atoms with Gasteiger partial charge >= 0.3 is 0 Å². The van der Waals surface area contributed by atoms with E-state index in [2.05, 4.69) is 0 Å². The predicted molar refractivity (Wildman–Crippen MR) is 90.6 cm³/mol. The highest BCUT2D eigenvalue weighted by Gasteiger charge is 2.36. The minimum Gasteiger partial charge on any atom is -0.294 e. The number of rotatable bonds is 3. The molecule has 1 aromatic heterocycles. The van der Waals surface area contributed by atoms with Crippen LogP contribution in [0.15, 0.2) is 54.6 Å². The largest absolute Gasteiger partial charge is 0.294 e. The molecule has 0 unspecified atom stereocenters. The Hall–Kier alpha value is -2.75. The van der Waals surface area contributed by atoms with Crippen LogP contribution in [-0.4, -0.2) is 20.5 Å². The molecule has 118 valence electrons. The molecule has 2 aliphatic rings. The van der Waals surface area contributed by atoms with Crippen LogP contribution in [0.25, 0.3) is 5.69 Å². The molecule has 0 amide bonds. The summed E-state index contributed by atoms with van der Waals surface area (Å²) in [5.74, 6) is 2.49. The summed E-state index contributed by atoms with van der Waals surface area (Å²) in [7, 11) is 0. The molecule has 0 saturated heterocycles. The maximum Gasteiger partial charge on any atom is 0.164 e. The number of carbonyl (C=O) groups is 1. The third-order valence-corrected chi connectivity index (χ3v) is 4.93. The number of Topliss-reactive ketones (excluding diaryl/α,β-unsaturated/α-hetero) is 1. The van der Waals surface area contributed by atoms with Gasteiger partial charge in [0, 0.05) is 17.9 Å². The van der Waals surface area contributed by atoms with Gasteiger partial charge in [-0.05, 0) is 30.5 Å². The van der Waals surface area contributed by atoms with Gasteiger partial charge < -0.3 is 0 Å². The minimum atomic E-state index is -0.00564. The molecular formula is C20H17N3O. The molecule has 3 aromatic rings. The van der Waals surface area contributed by atoms with Gasteiger partial charge in [0.2, 0.25) is 0 Å². The maximum absolute atomic E-state index is 12.4. The average Bonchev–Trinajstić information content (AvgIpc) is 3.30. The van der Waals surface area contributed by atoms with E-state index in [9.17, 15) is 4.79 Å². The van der Waals surface area contributed by atoms with E-state index in [1.807, 2.05) is 59.3 Å². The minimum absolute atomic E-state index is 0.00564. The van der Waals surface area contributed by atoms with Crippen LogP contribution in [0, 0.1) is 0 Å². The SMILES string of the molecule is O=C1C[C@@H](c2nc(C3CC3)nn2-c2ccccc2)c2ccccc21. The number of ketones is 1. The van der Waals surface area contributed by atoms with E-state index in [-0.39, 0.29) is 11.7 Å². The van der Waals surface area contributed by atoms with Crippen molar-refractivity contribution in [3.63, 3.8) is 0 Å². The average molecular weight is 315 g/mol. The Morgan fingerprint density at radius 2 is 1.71 bits per heavy atom. The first-order valence-corrected chi connectivity index (χ1v) is 8.45. The molecular weight excluding hydrogens is 298 g/mol. The van der Waals surface area contributed by atoms with E-state index in [0.29, 0.717) is 12.3 Å². The number of hydrogen-bond donors (Lipinski definition) is 0. The molecule has 0 aliphatic heterocycles. The number of aromatic nitrogens is 3. The van der Waals surface area contributed by atoms with Crippen LogP contribution in [-0.2, 0) is 0 Å². The van der Waals surface area contributed by atoms with Crippen LogP contribution in [0.4, 0.5) is 0 Å². The van der Waals surface area contributed by atoms with Gasteiger partial charge in [-0.25, -0.2) is 9.67 Å². The lowest BCUT2D eigenvalue weighted by molar-refractivity contribution is 0.0990. The first-order valence-electron chi connectivity index (χ1n) is 8.45. The fourth-order valence-electron chi connectivity index (χ4n) is 3.53. The lowest BCUT2D eigenvalue weighted by Crippen LogP contribution is -2.08. The Bertz CT molecular complexity index is 925. The number of benzene rings is 2. The Labute approximate surface area is 140 Å². The van der Waals surface area contributed by atoms with E-state index >= 15 is 0 Å². The van der Waals surface area contributed by atoms with Gasteiger partial charge in [0.15, 0.2) is 11.6 Å². The summed E-state index contributed by atoms with van der Waals surface area (Å²) in [6.07, 6.45) is 2.81. The Kier molecular flexibility index (Phi) is 2.92. The predicted octanol–water partition coefficient (Wildman–Crippen LogP) is 3.86. The van der Waals surface area contributed by atoms with Crippen LogP contribution in [0.1, 0.15) is 58.7 Å². The van der Waals surface area contributed by atoms with Gasteiger partial charge in [-0.2, -0.15) is 5.10 Å². The van der Waals surface area contributed by atoms with Crippen LogP contribution < -0.4 is 0 Å². The molecule has 1 saturated carbocycles. The number of carbonyl (C=O) groups excluding carboxylic acids is 1. The van der Waals surface area contributed by atoms with Gasteiger partial charge in [0.1, 0.15) is 5.82 Å². The monoisotopic (exact) mass is 315 g/mol. The van der Waals surface area contributed by atoms with Gasteiger partial charge in [0.05, 0.1) is 11.6 Å². The van der Waals surface area contributed by atoms with Gasteiger partial charge in [-0.15, -0.1) is 0 Å². The van der Waals surface area contributed by atoms with Crippen molar-refractivity contribution < 1.29 is 4.79 Å².